The molecule has 1 atom stereocenters. The number of benzene rings is 3. The monoisotopic (exact) mass is 486 g/mol. The van der Waals surface area contributed by atoms with Gasteiger partial charge in [0.25, 0.3) is 11.7 Å². The molecule has 3 N–H and O–H groups in total. The van der Waals surface area contributed by atoms with E-state index in [-0.39, 0.29) is 29.2 Å². The Morgan fingerprint density at radius 1 is 1.08 bits per heavy atom. The summed E-state index contributed by atoms with van der Waals surface area (Å²) in [6.45, 7) is 0.195. The molecule has 1 amide bonds. The number of amides is 1. The van der Waals surface area contributed by atoms with Crippen LogP contribution in [0.3, 0.4) is 0 Å². The second-order valence-corrected chi connectivity index (χ2v) is 8.54. The minimum atomic E-state index is -0.935. The zero-order valence-electron chi connectivity index (χ0n) is 19.4. The Bertz CT molecular complexity index is 1510. The predicted molar refractivity (Wildman–Crippen MR) is 132 cm³/mol. The fraction of sp³-hybridized carbons (Fsp3) is 0.143. The maximum absolute atomic E-state index is 13.5. The summed E-state index contributed by atoms with van der Waals surface area (Å²) < 4.78 is 18.7. The van der Waals surface area contributed by atoms with Gasteiger partial charge in [0, 0.05) is 29.2 Å². The van der Waals surface area contributed by atoms with Crippen LogP contribution in [-0.2, 0) is 16.0 Å². The number of fused-ring (bicyclic) bond motifs is 1. The molecule has 1 aliphatic rings. The zero-order valence-corrected chi connectivity index (χ0v) is 19.4. The van der Waals surface area contributed by atoms with Crippen molar-refractivity contribution >= 4 is 28.4 Å². The highest BCUT2D eigenvalue weighted by Crippen LogP contribution is 2.42. The number of carbonyl (C=O) groups is 2. The van der Waals surface area contributed by atoms with Gasteiger partial charge in [-0.15, -0.1) is 0 Å². The lowest BCUT2D eigenvalue weighted by Gasteiger charge is -2.25. The molecule has 0 radical (unpaired) electrons. The molecule has 1 aromatic heterocycles. The number of methoxy groups -OCH3 is 1. The standard InChI is InChI=1S/C28H23FN2O5/c1-36-23-14-17(8-11-22(23)32)25-24(26(33)16-6-9-19(29)10-7-16)27(34)28(35)31(25)13-12-18-15-30-21-5-3-2-4-20(18)21/h2-11,14-15,25,30,32-33H,12-13H2,1H3/t25-/m1/s1. The van der Waals surface area contributed by atoms with Crippen LogP contribution in [0, 0.1) is 5.82 Å². The van der Waals surface area contributed by atoms with Crippen LogP contribution in [0.4, 0.5) is 4.39 Å². The summed E-state index contributed by atoms with van der Waals surface area (Å²) in [5.41, 5.74) is 2.52. The van der Waals surface area contributed by atoms with Crippen molar-refractivity contribution in [1.29, 1.82) is 0 Å². The third kappa shape index (κ3) is 3.96. The summed E-state index contributed by atoms with van der Waals surface area (Å²) in [6, 6.07) is 16.4. The molecular weight excluding hydrogens is 463 g/mol. The van der Waals surface area contributed by atoms with Crippen LogP contribution < -0.4 is 4.74 Å². The van der Waals surface area contributed by atoms with E-state index in [2.05, 4.69) is 4.98 Å². The molecule has 1 saturated heterocycles. The number of likely N-dealkylation sites (tertiary alicyclic amines) is 1. The second-order valence-electron chi connectivity index (χ2n) is 8.54. The van der Waals surface area contributed by atoms with Crippen molar-refractivity contribution in [3.05, 3.63) is 101 Å². The molecule has 3 aromatic carbocycles. The molecule has 0 unspecified atom stereocenters. The fourth-order valence-electron chi connectivity index (χ4n) is 4.66. The maximum atomic E-state index is 13.5. The van der Waals surface area contributed by atoms with Gasteiger partial charge >= 0.3 is 0 Å². The number of phenolic OH excluding ortho intramolecular Hbond substituents is 1. The number of nitrogens with zero attached hydrogens (tertiary/aromatic N) is 1. The summed E-state index contributed by atoms with van der Waals surface area (Å²) in [5, 5.41) is 22.2. The topological polar surface area (TPSA) is 103 Å². The minimum Gasteiger partial charge on any atom is -0.507 e. The van der Waals surface area contributed by atoms with Crippen molar-refractivity contribution in [2.45, 2.75) is 12.5 Å². The van der Waals surface area contributed by atoms with Gasteiger partial charge in [0.05, 0.1) is 18.7 Å². The molecule has 5 rings (SSSR count). The Kier molecular flexibility index (Phi) is 5.93. The summed E-state index contributed by atoms with van der Waals surface area (Å²) in [6.07, 6.45) is 2.33. The van der Waals surface area contributed by atoms with Crippen molar-refractivity contribution in [3.8, 4) is 11.5 Å². The number of aromatic amines is 1. The number of aromatic hydroxyl groups is 1. The highest BCUT2D eigenvalue weighted by molar-refractivity contribution is 6.46. The van der Waals surface area contributed by atoms with Crippen molar-refractivity contribution < 1.29 is 28.9 Å². The Balaban J connectivity index is 1.59. The van der Waals surface area contributed by atoms with Crippen LogP contribution >= 0.6 is 0 Å². The molecule has 182 valence electrons. The van der Waals surface area contributed by atoms with Crippen LogP contribution in [0.2, 0.25) is 0 Å². The number of hydrogen-bond donors (Lipinski definition) is 3. The van der Waals surface area contributed by atoms with Gasteiger partial charge in [-0.1, -0.05) is 24.3 Å². The number of Topliss-reactive ketones (excluding diaryl/α,β-unsaturated/α-hetero) is 1. The molecule has 7 nitrogen and oxygen atoms in total. The van der Waals surface area contributed by atoms with Gasteiger partial charge in [-0.05, 0) is 60.0 Å². The van der Waals surface area contributed by atoms with Gasteiger partial charge in [0.15, 0.2) is 11.5 Å². The van der Waals surface area contributed by atoms with E-state index in [1.165, 1.54) is 48.4 Å². The largest absolute Gasteiger partial charge is 0.507 e. The number of phenols is 1. The number of rotatable bonds is 6. The summed E-state index contributed by atoms with van der Waals surface area (Å²) >= 11 is 0. The predicted octanol–water partition coefficient (Wildman–Crippen LogP) is 4.69. The Hall–Kier alpha value is -4.59. The number of aromatic nitrogens is 1. The quantitative estimate of drug-likeness (QED) is 0.209. The first-order valence-corrected chi connectivity index (χ1v) is 11.3. The van der Waals surface area contributed by atoms with E-state index in [1.54, 1.807) is 6.07 Å². The van der Waals surface area contributed by atoms with Crippen LogP contribution in [0.5, 0.6) is 11.5 Å². The van der Waals surface area contributed by atoms with E-state index in [0.717, 1.165) is 16.5 Å². The minimum absolute atomic E-state index is 0.101. The molecule has 0 spiro atoms. The number of halogens is 1. The molecule has 0 saturated carbocycles. The third-order valence-electron chi connectivity index (χ3n) is 6.47. The number of ether oxygens (including phenoxy) is 1. The Morgan fingerprint density at radius 2 is 1.83 bits per heavy atom. The Morgan fingerprint density at radius 3 is 2.58 bits per heavy atom. The lowest BCUT2D eigenvalue weighted by molar-refractivity contribution is -0.139. The van der Waals surface area contributed by atoms with Gasteiger partial charge in [-0.3, -0.25) is 9.59 Å². The van der Waals surface area contributed by atoms with E-state index in [9.17, 15) is 24.2 Å². The average molecular weight is 486 g/mol. The molecule has 1 fully saturated rings. The molecule has 8 heteroatoms. The Labute approximate surface area is 206 Å². The third-order valence-corrected chi connectivity index (χ3v) is 6.47. The number of nitrogens with one attached hydrogen (secondary N) is 1. The molecule has 2 heterocycles. The van der Waals surface area contributed by atoms with E-state index in [4.69, 9.17) is 4.74 Å². The summed E-state index contributed by atoms with van der Waals surface area (Å²) in [5.74, 6) is -2.43. The van der Waals surface area contributed by atoms with E-state index >= 15 is 0 Å². The van der Waals surface area contributed by atoms with Gasteiger partial charge in [-0.25, -0.2) is 4.39 Å². The lowest BCUT2D eigenvalue weighted by atomic mass is 9.95. The number of H-pyrrole nitrogens is 1. The van der Waals surface area contributed by atoms with Crippen LogP contribution in [0.25, 0.3) is 16.7 Å². The van der Waals surface area contributed by atoms with Crippen molar-refractivity contribution in [1.82, 2.24) is 9.88 Å². The van der Waals surface area contributed by atoms with Gasteiger partial charge in [0.2, 0.25) is 0 Å². The summed E-state index contributed by atoms with van der Waals surface area (Å²) in [4.78, 5) is 31.0. The van der Waals surface area contributed by atoms with Crippen LogP contribution in [-0.4, -0.2) is 45.4 Å². The SMILES string of the molecule is COc1cc([C@@H]2C(=C(O)c3ccc(F)cc3)C(=O)C(=O)N2CCc2c[nH]c3ccccc23)ccc1O. The number of aliphatic hydroxyl groups excluding tert-OH is 1. The zero-order chi connectivity index (χ0) is 25.4. The van der Waals surface area contributed by atoms with Crippen molar-refractivity contribution in [2.75, 3.05) is 13.7 Å². The van der Waals surface area contributed by atoms with Crippen molar-refractivity contribution in [2.24, 2.45) is 0 Å². The first kappa shape index (κ1) is 23.2. The van der Waals surface area contributed by atoms with E-state index < -0.39 is 29.3 Å². The van der Waals surface area contributed by atoms with Gasteiger partial charge in [0.1, 0.15) is 11.6 Å². The highest BCUT2D eigenvalue weighted by atomic mass is 19.1. The molecule has 4 aromatic rings. The maximum Gasteiger partial charge on any atom is 0.295 e. The molecule has 0 aliphatic carbocycles. The van der Waals surface area contributed by atoms with Crippen molar-refractivity contribution in [3.63, 3.8) is 0 Å². The number of hydrogen-bond acceptors (Lipinski definition) is 5. The van der Waals surface area contributed by atoms with E-state index in [0.29, 0.717) is 12.0 Å². The highest BCUT2D eigenvalue weighted by Gasteiger charge is 2.46. The lowest BCUT2D eigenvalue weighted by Crippen LogP contribution is -2.31. The average Bonchev–Trinajstić information content (AvgIpc) is 3.41. The first-order chi connectivity index (χ1) is 17.4. The number of aliphatic hydroxyl groups is 1. The number of carbonyl (C=O) groups excluding carboxylic acids is 2. The van der Waals surface area contributed by atoms with E-state index in [1.807, 2.05) is 30.5 Å². The summed E-state index contributed by atoms with van der Waals surface area (Å²) in [7, 11) is 1.39. The second kappa shape index (κ2) is 9.22. The molecule has 36 heavy (non-hydrogen) atoms. The smallest absolute Gasteiger partial charge is 0.295 e. The number of para-hydroxylation sites is 1. The molecule has 1 aliphatic heterocycles. The normalized spacial score (nSPS) is 17.2. The van der Waals surface area contributed by atoms with Gasteiger partial charge in [-0.2, -0.15) is 0 Å². The first-order valence-electron chi connectivity index (χ1n) is 11.3. The van der Waals surface area contributed by atoms with Gasteiger partial charge < -0.3 is 24.8 Å². The van der Waals surface area contributed by atoms with Crippen LogP contribution in [0.15, 0.2) is 78.5 Å². The number of ketones is 1. The molecule has 0 bridgehead atoms. The van der Waals surface area contributed by atoms with Crippen LogP contribution in [0.1, 0.15) is 22.7 Å². The fourth-order valence-corrected chi connectivity index (χ4v) is 4.66. The molecular formula is C28H23FN2O5.